The van der Waals surface area contributed by atoms with E-state index in [0.717, 1.165) is 17.7 Å². The summed E-state index contributed by atoms with van der Waals surface area (Å²) in [5.41, 5.74) is 0. The molecule has 29 heavy (non-hydrogen) atoms. The predicted octanol–water partition coefficient (Wildman–Crippen LogP) is 1.93. The summed E-state index contributed by atoms with van der Waals surface area (Å²) in [6.45, 7) is 1.50. The first-order chi connectivity index (χ1) is 14.0. The van der Waals surface area contributed by atoms with Crippen molar-refractivity contribution in [1.82, 2.24) is 18.8 Å². The van der Waals surface area contributed by atoms with Crippen LogP contribution >= 0.6 is 0 Å². The van der Waals surface area contributed by atoms with E-state index in [1.54, 1.807) is 0 Å². The lowest BCUT2D eigenvalue weighted by molar-refractivity contribution is 0.379. The maximum absolute atomic E-state index is 14.0. The average molecular weight is 417 g/mol. The Kier molecular flexibility index (Phi) is 5.20. The molecule has 0 atom stereocenters. The molecule has 1 aliphatic rings. The minimum atomic E-state index is -3.78. The zero-order valence-corrected chi connectivity index (χ0v) is 16.6. The molecule has 4 rings (SSSR count). The van der Waals surface area contributed by atoms with Crippen LogP contribution in [0.3, 0.4) is 0 Å². The predicted molar refractivity (Wildman–Crippen MR) is 105 cm³/mol. The average Bonchev–Trinajstić information content (AvgIpc) is 3.29. The lowest BCUT2D eigenvalue weighted by atomic mass is 10.3. The van der Waals surface area contributed by atoms with E-state index >= 15 is 0 Å². The first kappa shape index (κ1) is 19.3. The van der Waals surface area contributed by atoms with Crippen LogP contribution in [0, 0.1) is 5.82 Å². The minimum absolute atomic E-state index is 0.0102. The van der Waals surface area contributed by atoms with Gasteiger partial charge in [0.25, 0.3) is 0 Å². The molecule has 2 aromatic heterocycles. The van der Waals surface area contributed by atoms with Crippen molar-refractivity contribution in [3.8, 4) is 11.6 Å². The van der Waals surface area contributed by atoms with Crippen LogP contribution in [0.15, 0.2) is 60.0 Å². The van der Waals surface area contributed by atoms with Gasteiger partial charge in [0.2, 0.25) is 10.0 Å². The summed E-state index contributed by atoms with van der Waals surface area (Å²) in [5, 5.41) is 0. The molecular weight excluding hydrogens is 397 g/mol. The summed E-state index contributed by atoms with van der Waals surface area (Å²) in [7, 11) is -2.45. The summed E-state index contributed by atoms with van der Waals surface area (Å²) in [6.07, 6.45) is 5.28. The summed E-state index contributed by atoms with van der Waals surface area (Å²) >= 11 is 0. The number of sulfonamides is 1. The van der Waals surface area contributed by atoms with Crippen LogP contribution in [0.4, 0.5) is 10.2 Å². The van der Waals surface area contributed by atoms with Gasteiger partial charge in [-0.15, -0.1) is 0 Å². The van der Waals surface area contributed by atoms with E-state index in [2.05, 4.69) is 9.97 Å². The Balaban J connectivity index is 1.48. The molecule has 0 saturated carbocycles. The quantitative estimate of drug-likeness (QED) is 0.631. The third kappa shape index (κ3) is 3.81. The summed E-state index contributed by atoms with van der Waals surface area (Å²) in [6, 6.07) is 9.36. The Labute approximate surface area is 168 Å². The molecule has 1 aliphatic heterocycles. The van der Waals surface area contributed by atoms with E-state index in [-0.39, 0.29) is 23.7 Å². The van der Waals surface area contributed by atoms with Crippen LogP contribution in [0.1, 0.15) is 0 Å². The smallest absolute Gasteiger partial charge is 0.243 e. The van der Waals surface area contributed by atoms with Gasteiger partial charge in [0.15, 0.2) is 11.6 Å². The monoisotopic (exact) mass is 417 g/mol. The van der Waals surface area contributed by atoms with Gasteiger partial charge in [-0.3, -0.25) is 0 Å². The Morgan fingerprint density at radius 2 is 1.69 bits per heavy atom. The van der Waals surface area contributed by atoms with Gasteiger partial charge in [0, 0.05) is 44.6 Å². The van der Waals surface area contributed by atoms with E-state index in [1.807, 2.05) is 40.1 Å². The van der Waals surface area contributed by atoms with E-state index in [0.29, 0.717) is 13.1 Å². The Morgan fingerprint density at radius 1 is 1.00 bits per heavy atom. The van der Waals surface area contributed by atoms with Crippen LogP contribution in [0.5, 0.6) is 5.75 Å². The zero-order valence-electron chi connectivity index (χ0n) is 15.8. The molecular formula is C19H20FN5O3S. The van der Waals surface area contributed by atoms with E-state index in [1.165, 1.54) is 29.9 Å². The van der Waals surface area contributed by atoms with Crippen LogP contribution < -0.4 is 9.64 Å². The fourth-order valence-corrected chi connectivity index (χ4v) is 4.69. The number of aromatic nitrogens is 3. The Bertz CT molecular complexity index is 1100. The van der Waals surface area contributed by atoms with E-state index < -0.39 is 15.8 Å². The Morgan fingerprint density at radius 3 is 2.34 bits per heavy atom. The van der Waals surface area contributed by atoms with Crippen molar-refractivity contribution in [2.45, 2.75) is 4.90 Å². The third-order valence-electron chi connectivity index (χ3n) is 4.83. The Hall–Kier alpha value is -2.98. The largest absolute Gasteiger partial charge is 0.494 e. The molecule has 1 fully saturated rings. The summed E-state index contributed by atoms with van der Waals surface area (Å²) in [5.74, 6) is 0.779. The van der Waals surface area contributed by atoms with Crippen molar-refractivity contribution in [1.29, 1.82) is 0 Å². The molecule has 0 amide bonds. The van der Waals surface area contributed by atoms with Crippen LogP contribution in [0.25, 0.3) is 5.82 Å². The van der Waals surface area contributed by atoms with Crippen LogP contribution in [0.2, 0.25) is 0 Å². The molecule has 10 heteroatoms. The topological polar surface area (TPSA) is 80.6 Å². The van der Waals surface area contributed by atoms with E-state index in [9.17, 15) is 12.8 Å². The van der Waals surface area contributed by atoms with E-state index in [4.69, 9.17) is 4.74 Å². The highest BCUT2D eigenvalue weighted by Crippen LogP contribution is 2.25. The maximum atomic E-state index is 14.0. The second kappa shape index (κ2) is 7.80. The molecule has 3 aromatic rings. The molecule has 3 heterocycles. The second-order valence-corrected chi connectivity index (χ2v) is 8.45. The number of hydrogen-bond donors (Lipinski definition) is 0. The molecule has 0 bridgehead atoms. The van der Waals surface area contributed by atoms with Gasteiger partial charge < -0.3 is 14.2 Å². The lowest BCUT2D eigenvalue weighted by Gasteiger charge is -2.34. The zero-order chi connectivity index (χ0) is 20.4. The molecule has 8 nitrogen and oxygen atoms in total. The van der Waals surface area contributed by atoms with Gasteiger partial charge in [-0.2, -0.15) is 4.31 Å². The minimum Gasteiger partial charge on any atom is -0.494 e. The standard InChI is InChI=1S/C19H20FN5O3S/c1-28-17-5-4-15(12-16(17)20)29(26,27)25-10-8-24(9-11-25)19-13-18(21-14-22-19)23-6-2-3-7-23/h2-7,12-14H,8-11H2,1H3. The lowest BCUT2D eigenvalue weighted by Crippen LogP contribution is -2.49. The highest BCUT2D eigenvalue weighted by molar-refractivity contribution is 7.89. The number of benzene rings is 1. The summed E-state index contributed by atoms with van der Waals surface area (Å²) < 4.78 is 47.8. The van der Waals surface area contributed by atoms with Crippen molar-refractivity contribution < 1.29 is 17.5 Å². The van der Waals surface area contributed by atoms with Gasteiger partial charge in [-0.1, -0.05) is 0 Å². The number of piperazine rings is 1. The van der Waals surface area contributed by atoms with Crippen molar-refractivity contribution in [2.24, 2.45) is 0 Å². The van der Waals surface area contributed by atoms with Crippen molar-refractivity contribution >= 4 is 15.8 Å². The molecule has 1 aromatic carbocycles. The van der Waals surface area contributed by atoms with Crippen molar-refractivity contribution in [2.75, 3.05) is 38.2 Å². The normalized spacial score (nSPS) is 15.4. The first-order valence-corrected chi connectivity index (χ1v) is 10.5. The molecule has 0 N–H and O–H groups in total. The van der Waals surface area contributed by atoms with Crippen LogP contribution in [-0.4, -0.2) is 60.5 Å². The van der Waals surface area contributed by atoms with Crippen molar-refractivity contribution in [3.63, 3.8) is 0 Å². The third-order valence-corrected chi connectivity index (χ3v) is 6.73. The number of rotatable bonds is 5. The maximum Gasteiger partial charge on any atom is 0.243 e. The molecule has 0 spiro atoms. The SMILES string of the molecule is COc1ccc(S(=O)(=O)N2CCN(c3cc(-n4cccc4)ncn3)CC2)cc1F. The number of hydrogen-bond acceptors (Lipinski definition) is 6. The second-order valence-electron chi connectivity index (χ2n) is 6.51. The highest BCUT2D eigenvalue weighted by Gasteiger charge is 2.29. The fraction of sp³-hybridized carbons (Fsp3) is 0.263. The fourth-order valence-electron chi connectivity index (χ4n) is 3.25. The van der Waals surface area contributed by atoms with Crippen LogP contribution in [-0.2, 0) is 10.0 Å². The number of anilines is 1. The molecule has 1 saturated heterocycles. The molecule has 152 valence electrons. The van der Waals surface area contributed by atoms with Gasteiger partial charge in [-0.25, -0.2) is 22.8 Å². The van der Waals surface area contributed by atoms with Gasteiger partial charge in [-0.05, 0) is 30.3 Å². The molecule has 0 unspecified atom stereocenters. The number of methoxy groups -OCH3 is 1. The summed E-state index contributed by atoms with van der Waals surface area (Å²) in [4.78, 5) is 10.5. The molecule has 0 aliphatic carbocycles. The number of nitrogens with zero attached hydrogens (tertiary/aromatic N) is 5. The molecule has 0 radical (unpaired) electrons. The van der Waals surface area contributed by atoms with Gasteiger partial charge in [0.05, 0.1) is 12.0 Å². The number of ether oxygens (including phenoxy) is 1. The van der Waals surface area contributed by atoms with Gasteiger partial charge >= 0.3 is 0 Å². The van der Waals surface area contributed by atoms with Crippen molar-refractivity contribution in [3.05, 3.63) is 60.9 Å². The highest BCUT2D eigenvalue weighted by atomic mass is 32.2. The first-order valence-electron chi connectivity index (χ1n) is 9.03. The number of halogens is 1. The van der Waals surface area contributed by atoms with Gasteiger partial charge in [0.1, 0.15) is 18.0 Å².